The van der Waals surface area contributed by atoms with Crippen molar-refractivity contribution in [2.24, 2.45) is 0 Å². The second-order valence-corrected chi connectivity index (χ2v) is 10.6. The lowest BCUT2D eigenvalue weighted by Crippen LogP contribution is -2.44. The van der Waals surface area contributed by atoms with Crippen LogP contribution in [0.25, 0.3) is 0 Å². The number of ether oxygens (including phenoxy) is 1. The van der Waals surface area contributed by atoms with Crippen LogP contribution in [0.5, 0.6) is 0 Å². The van der Waals surface area contributed by atoms with Gasteiger partial charge in [0.05, 0.1) is 11.1 Å². The lowest BCUT2D eigenvalue weighted by Gasteiger charge is -2.34. The molecule has 1 amide bonds. The number of pyridine rings is 1. The Bertz CT molecular complexity index is 1400. The van der Waals surface area contributed by atoms with Crippen LogP contribution in [-0.4, -0.2) is 74.1 Å². The fraction of sp³-hybridized carbons (Fsp3) is 0.367. The topological polar surface area (TPSA) is 120 Å². The summed E-state index contributed by atoms with van der Waals surface area (Å²) in [4.78, 5) is 22.3. The number of halogens is 2. The third-order valence-electron chi connectivity index (χ3n) is 7.49. The number of nitrogens with zero attached hydrogens (tertiary/aromatic N) is 3. The van der Waals surface area contributed by atoms with Gasteiger partial charge in [-0.25, -0.2) is 13.8 Å². The Morgan fingerprint density at radius 2 is 1.71 bits per heavy atom. The van der Waals surface area contributed by atoms with Gasteiger partial charge < -0.3 is 30.9 Å². The molecule has 2 aliphatic heterocycles. The largest absolute Gasteiger partial charge is 0.383 e. The van der Waals surface area contributed by atoms with Gasteiger partial charge in [-0.1, -0.05) is 0 Å². The van der Waals surface area contributed by atoms with Gasteiger partial charge >= 0.3 is 0 Å². The van der Waals surface area contributed by atoms with Crippen LogP contribution in [0.3, 0.4) is 0 Å². The van der Waals surface area contributed by atoms with Gasteiger partial charge in [0.2, 0.25) is 0 Å². The van der Waals surface area contributed by atoms with Crippen molar-refractivity contribution in [2.75, 3.05) is 62.4 Å². The lowest BCUT2D eigenvalue weighted by atomic mass is 10.1. The van der Waals surface area contributed by atoms with Crippen molar-refractivity contribution in [3.8, 4) is 0 Å². The molecule has 3 heterocycles. The zero-order valence-electron chi connectivity index (χ0n) is 23.1. The number of anilines is 3. The molecule has 0 unspecified atom stereocenters. The van der Waals surface area contributed by atoms with E-state index in [1.807, 2.05) is 12.1 Å². The molecule has 0 atom stereocenters. The Hall–Kier alpha value is -4.09. The highest BCUT2D eigenvalue weighted by molar-refractivity contribution is 6.14. The van der Waals surface area contributed by atoms with Crippen LogP contribution in [0.1, 0.15) is 40.0 Å². The zero-order valence-corrected chi connectivity index (χ0v) is 23.1. The molecule has 11 heteroatoms. The number of nitrogens with one attached hydrogen (secondary N) is 3. The molecule has 0 spiro atoms. The van der Waals surface area contributed by atoms with E-state index < -0.39 is 17.5 Å². The van der Waals surface area contributed by atoms with Gasteiger partial charge in [0.15, 0.2) is 0 Å². The summed E-state index contributed by atoms with van der Waals surface area (Å²) < 4.78 is 32.6. The predicted molar refractivity (Wildman–Crippen MR) is 156 cm³/mol. The van der Waals surface area contributed by atoms with E-state index in [-0.39, 0.29) is 29.7 Å². The van der Waals surface area contributed by atoms with Crippen molar-refractivity contribution in [2.45, 2.75) is 25.3 Å². The van der Waals surface area contributed by atoms with Gasteiger partial charge in [0.1, 0.15) is 23.3 Å². The number of carbonyl (C=O) groups is 1. The third kappa shape index (κ3) is 7.17. The van der Waals surface area contributed by atoms with E-state index in [0.717, 1.165) is 50.8 Å². The molecule has 3 aromatic rings. The first-order chi connectivity index (χ1) is 19.7. The summed E-state index contributed by atoms with van der Waals surface area (Å²) in [6, 6.07) is 12.4. The van der Waals surface area contributed by atoms with E-state index in [9.17, 15) is 13.6 Å². The molecule has 0 radical (unpaired) electrons. The molecule has 9 nitrogen and oxygen atoms in total. The van der Waals surface area contributed by atoms with Crippen LogP contribution in [-0.2, 0) is 11.2 Å². The number of nitrogen functional groups attached to an aromatic ring is 1. The summed E-state index contributed by atoms with van der Waals surface area (Å²) >= 11 is 0. The minimum absolute atomic E-state index is 0.0376. The monoisotopic (exact) mass is 563 g/mol. The van der Waals surface area contributed by atoms with Crippen molar-refractivity contribution >= 4 is 28.9 Å². The van der Waals surface area contributed by atoms with E-state index >= 15 is 0 Å². The number of aromatic nitrogens is 1. The molecule has 0 saturated carbocycles. The van der Waals surface area contributed by atoms with Gasteiger partial charge in [0.25, 0.3) is 5.91 Å². The van der Waals surface area contributed by atoms with E-state index in [1.54, 1.807) is 18.2 Å². The average Bonchev–Trinajstić information content (AvgIpc) is 2.93. The van der Waals surface area contributed by atoms with Crippen LogP contribution >= 0.6 is 0 Å². The number of amidine groups is 1. The summed E-state index contributed by atoms with van der Waals surface area (Å²) in [6.45, 7) is 5.07. The number of piperazine rings is 1. The van der Waals surface area contributed by atoms with Gasteiger partial charge in [0, 0.05) is 75.0 Å². The number of hydrogen-bond acceptors (Lipinski definition) is 8. The smallest absolute Gasteiger partial charge is 0.258 e. The fourth-order valence-corrected chi connectivity index (χ4v) is 5.17. The Kier molecular flexibility index (Phi) is 8.75. The van der Waals surface area contributed by atoms with Gasteiger partial charge in [-0.2, -0.15) is 0 Å². The average molecular weight is 564 g/mol. The summed E-state index contributed by atoms with van der Waals surface area (Å²) in [5.74, 6) is -1.93. The maximum atomic E-state index is 13.6. The molecule has 5 N–H and O–H groups in total. The van der Waals surface area contributed by atoms with Crippen LogP contribution in [0.2, 0.25) is 0 Å². The van der Waals surface area contributed by atoms with Gasteiger partial charge in [-0.05, 0) is 67.9 Å². The maximum Gasteiger partial charge on any atom is 0.258 e. The van der Waals surface area contributed by atoms with Gasteiger partial charge in [-0.15, -0.1) is 0 Å². The first-order valence-electron chi connectivity index (χ1n) is 13.8. The highest BCUT2D eigenvalue weighted by Crippen LogP contribution is 2.27. The highest BCUT2D eigenvalue weighted by Gasteiger charge is 2.22. The maximum absolute atomic E-state index is 13.6. The van der Waals surface area contributed by atoms with E-state index in [4.69, 9.17) is 15.9 Å². The van der Waals surface area contributed by atoms with Crippen LogP contribution < -0.4 is 21.3 Å². The van der Waals surface area contributed by atoms with Gasteiger partial charge in [-0.3, -0.25) is 10.2 Å². The normalized spacial score (nSPS) is 16.4. The molecule has 2 fully saturated rings. The number of likely N-dealkylation sites (N-methyl/N-ethyl adjacent to an activating group) is 1. The highest BCUT2D eigenvalue weighted by atomic mass is 19.1. The van der Waals surface area contributed by atoms with E-state index in [0.29, 0.717) is 35.7 Å². The Labute approximate surface area is 238 Å². The molecule has 0 aliphatic carbocycles. The number of nitrogens with two attached hydrogens (primary N) is 1. The number of carbonyl (C=O) groups excluding carboxylic acids is 1. The molecule has 5 rings (SSSR count). The third-order valence-corrected chi connectivity index (χ3v) is 7.49. The van der Waals surface area contributed by atoms with Crippen molar-refractivity contribution in [3.63, 3.8) is 0 Å². The van der Waals surface area contributed by atoms with E-state index in [1.165, 1.54) is 12.1 Å². The molecular formula is C30H35F2N7O2. The summed E-state index contributed by atoms with van der Waals surface area (Å²) in [5.41, 5.74) is 9.46. The van der Waals surface area contributed by atoms with Crippen molar-refractivity contribution in [1.29, 1.82) is 5.41 Å². The van der Waals surface area contributed by atoms with Crippen molar-refractivity contribution in [3.05, 3.63) is 82.5 Å². The number of benzene rings is 2. The van der Waals surface area contributed by atoms with E-state index in [2.05, 4.69) is 32.5 Å². The molecule has 2 saturated heterocycles. The number of rotatable bonds is 7. The molecule has 216 valence electrons. The second kappa shape index (κ2) is 12.6. The quantitative estimate of drug-likeness (QED) is 0.256. The number of amides is 1. The number of hydrogen-bond donors (Lipinski definition) is 4. The molecular weight excluding hydrogens is 528 g/mol. The first-order valence-corrected chi connectivity index (χ1v) is 13.8. The predicted octanol–water partition coefficient (Wildman–Crippen LogP) is 3.63. The molecule has 2 aliphatic rings. The van der Waals surface area contributed by atoms with Crippen LogP contribution in [0, 0.1) is 17.0 Å². The molecule has 1 aromatic heterocycles. The second-order valence-electron chi connectivity index (χ2n) is 10.6. The van der Waals surface area contributed by atoms with Crippen LogP contribution in [0.4, 0.5) is 26.0 Å². The summed E-state index contributed by atoms with van der Waals surface area (Å²) in [7, 11) is 2.11. The Morgan fingerprint density at radius 3 is 2.39 bits per heavy atom. The molecule has 2 aromatic carbocycles. The zero-order chi connectivity index (χ0) is 28.9. The molecule has 0 bridgehead atoms. The minimum Gasteiger partial charge on any atom is -0.383 e. The summed E-state index contributed by atoms with van der Waals surface area (Å²) in [6.07, 6.45) is 1.85. The Balaban J connectivity index is 1.32. The summed E-state index contributed by atoms with van der Waals surface area (Å²) in [5, 5.41) is 14.7. The molecule has 41 heavy (non-hydrogen) atoms. The standard InChI is InChI=1S/C30H35F2N7O2/c1-38-8-10-39(11-9-38)24-3-5-25(27(18-24)35-22-6-12-41-13-7-22)30(40)37-29(34)26-4-2-23(36-28(26)33)16-19-14-20(31)17-21(32)15-19/h2-5,14-15,17-18,22,35H,6-13,16H2,1H3,(H2,33,36)(H2,34,37,40). The lowest BCUT2D eigenvalue weighted by molar-refractivity contribution is 0.0904. The first kappa shape index (κ1) is 28.4. The van der Waals surface area contributed by atoms with Crippen molar-refractivity contribution in [1.82, 2.24) is 15.2 Å². The fourth-order valence-electron chi connectivity index (χ4n) is 5.17. The van der Waals surface area contributed by atoms with Crippen LogP contribution in [0.15, 0.2) is 48.5 Å². The SMILES string of the molecule is CN1CCN(c2ccc(C(=O)NC(=N)c3ccc(Cc4cc(F)cc(F)c4)nc3N)c(NC3CCOCC3)c2)CC1. The minimum atomic E-state index is -0.670. The van der Waals surface area contributed by atoms with Crippen molar-refractivity contribution < 1.29 is 18.3 Å². The Morgan fingerprint density at radius 1 is 1.02 bits per heavy atom.